The van der Waals surface area contributed by atoms with Crippen LogP contribution in [0.3, 0.4) is 0 Å². The summed E-state index contributed by atoms with van der Waals surface area (Å²) in [4.78, 5) is 14.8. The summed E-state index contributed by atoms with van der Waals surface area (Å²) < 4.78 is 0. The quantitative estimate of drug-likeness (QED) is 0.182. The second-order valence-corrected chi connectivity index (χ2v) is 4.40. The lowest BCUT2D eigenvalue weighted by Crippen LogP contribution is -2.37. The SMILES string of the molecule is CCCCNC(=NCc1cccc([N+](=O)[O-])c1)NCC.I. The predicted octanol–water partition coefficient (Wildman–Crippen LogP) is 3.07. The van der Waals surface area contributed by atoms with Crippen LogP contribution in [-0.2, 0) is 6.54 Å². The molecule has 6 nitrogen and oxygen atoms in total. The number of hydrogen-bond donors (Lipinski definition) is 2. The first-order valence-electron chi connectivity index (χ1n) is 6.92. The fourth-order valence-corrected chi connectivity index (χ4v) is 1.66. The van der Waals surface area contributed by atoms with E-state index < -0.39 is 4.92 Å². The number of nitro benzene ring substituents is 1. The maximum Gasteiger partial charge on any atom is 0.269 e. The first-order chi connectivity index (χ1) is 9.67. The van der Waals surface area contributed by atoms with E-state index in [-0.39, 0.29) is 29.7 Å². The van der Waals surface area contributed by atoms with E-state index in [2.05, 4.69) is 22.5 Å². The number of rotatable bonds is 7. The Morgan fingerprint density at radius 3 is 2.71 bits per heavy atom. The monoisotopic (exact) mass is 406 g/mol. The zero-order chi connectivity index (χ0) is 14.8. The lowest BCUT2D eigenvalue weighted by molar-refractivity contribution is -0.384. The Bertz CT molecular complexity index is 466. The molecule has 0 aliphatic heterocycles. The molecule has 0 heterocycles. The molecule has 2 N–H and O–H groups in total. The summed E-state index contributed by atoms with van der Waals surface area (Å²) in [5.74, 6) is 0.743. The molecule has 1 aromatic rings. The molecule has 7 heteroatoms. The molecule has 0 aliphatic rings. The highest BCUT2D eigenvalue weighted by Crippen LogP contribution is 2.13. The number of benzene rings is 1. The second kappa shape index (κ2) is 11.3. The van der Waals surface area contributed by atoms with Gasteiger partial charge in [0.2, 0.25) is 0 Å². The summed E-state index contributed by atoms with van der Waals surface area (Å²) in [7, 11) is 0. The van der Waals surface area contributed by atoms with Crippen LogP contribution < -0.4 is 10.6 Å². The van der Waals surface area contributed by atoms with Gasteiger partial charge in [-0.1, -0.05) is 25.5 Å². The van der Waals surface area contributed by atoms with Gasteiger partial charge in [0.1, 0.15) is 0 Å². The molecule has 0 saturated carbocycles. The largest absolute Gasteiger partial charge is 0.357 e. The minimum atomic E-state index is -0.391. The van der Waals surface area contributed by atoms with E-state index in [0.717, 1.165) is 37.5 Å². The van der Waals surface area contributed by atoms with Crippen molar-refractivity contribution in [1.82, 2.24) is 10.6 Å². The van der Waals surface area contributed by atoms with Crippen molar-refractivity contribution < 1.29 is 4.92 Å². The molecular formula is C14H23IN4O2. The minimum Gasteiger partial charge on any atom is -0.357 e. The van der Waals surface area contributed by atoms with Crippen LogP contribution in [0, 0.1) is 10.1 Å². The minimum absolute atomic E-state index is 0. The van der Waals surface area contributed by atoms with Gasteiger partial charge in [-0.05, 0) is 18.9 Å². The lowest BCUT2D eigenvalue weighted by atomic mass is 10.2. The van der Waals surface area contributed by atoms with Crippen molar-refractivity contribution in [3.63, 3.8) is 0 Å². The van der Waals surface area contributed by atoms with Crippen LogP contribution in [0.1, 0.15) is 32.3 Å². The maximum absolute atomic E-state index is 10.7. The topological polar surface area (TPSA) is 79.6 Å². The number of nitrogens with zero attached hydrogens (tertiary/aromatic N) is 2. The molecule has 0 aliphatic carbocycles. The standard InChI is InChI=1S/C14H22N4O2.HI/c1-3-5-9-16-14(15-4-2)17-11-12-7-6-8-13(10-12)18(19)20;/h6-8,10H,3-5,9,11H2,1-2H3,(H2,15,16,17);1H. The van der Waals surface area contributed by atoms with Gasteiger partial charge in [0.05, 0.1) is 11.5 Å². The van der Waals surface area contributed by atoms with Crippen LogP contribution in [0.4, 0.5) is 5.69 Å². The fraction of sp³-hybridized carbons (Fsp3) is 0.500. The third-order valence-electron chi connectivity index (χ3n) is 2.71. The number of halogens is 1. The van der Waals surface area contributed by atoms with Crippen molar-refractivity contribution in [3.8, 4) is 0 Å². The van der Waals surface area contributed by atoms with Gasteiger partial charge >= 0.3 is 0 Å². The van der Waals surface area contributed by atoms with Crippen molar-refractivity contribution in [1.29, 1.82) is 0 Å². The molecule has 21 heavy (non-hydrogen) atoms. The highest BCUT2D eigenvalue weighted by atomic mass is 127. The van der Waals surface area contributed by atoms with Crippen molar-refractivity contribution >= 4 is 35.6 Å². The molecule has 0 saturated heterocycles. The average Bonchev–Trinajstić information content (AvgIpc) is 2.45. The average molecular weight is 406 g/mol. The summed E-state index contributed by atoms with van der Waals surface area (Å²) >= 11 is 0. The molecule has 118 valence electrons. The van der Waals surface area contributed by atoms with E-state index in [0.29, 0.717) is 6.54 Å². The summed E-state index contributed by atoms with van der Waals surface area (Å²) in [6.45, 7) is 6.21. The number of aliphatic imine (C=N–C) groups is 1. The Labute approximate surface area is 142 Å². The van der Waals surface area contributed by atoms with Gasteiger partial charge in [-0.15, -0.1) is 24.0 Å². The van der Waals surface area contributed by atoms with Gasteiger partial charge < -0.3 is 10.6 Å². The second-order valence-electron chi connectivity index (χ2n) is 4.40. The first kappa shape index (κ1) is 19.6. The van der Waals surface area contributed by atoms with E-state index in [4.69, 9.17) is 0 Å². The number of unbranched alkanes of at least 4 members (excludes halogenated alkanes) is 1. The van der Waals surface area contributed by atoms with Gasteiger partial charge in [-0.2, -0.15) is 0 Å². The van der Waals surface area contributed by atoms with Crippen LogP contribution in [0.2, 0.25) is 0 Å². The third kappa shape index (κ3) is 7.84. The number of nitrogens with one attached hydrogen (secondary N) is 2. The van der Waals surface area contributed by atoms with Crippen molar-refractivity contribution in [3.05, 3.63) is 39.9 Å². The number of nitro groups is 1. The molecule has 0 spiro atoms. The van der Waals surface area contributed by atoms with Crippen LogP contribution in [0.5, 0.6) is 0 Å². The number of hydrogen-bond acceptors (Lipinski definition) is 3. The molecule has 1 aromatic carbocycles. The van der Waals surface area contributed by atoms with Crippen molar-refractivity contribution in [2.24, 2.45) is 4.99 Å². The zero-order valence-corrected chi connectivity index (χ0v) is 14.8. The Hall–Kier alpha value is -1.38. The molecule has 0 unspecified atom stereocenters. The van der Waals surface area contributed by atoms with Crippen LogP contribution in [-0.4, -0.2) is 24.0 Å². The Morgan fingerprint density at radius 1 is 1.33 bits per heavy atom. The molecule has 0 aromatic heterocycles. The Morgan fingerprint density at radius 2 is 2.10 bits per heavy atom. The van der Waals surface area contributed by atoms with Crippen molar-refractivity contribution in [2.45, 2.75) is 33.2 Å². The normalized spacial score (nSPS) is 10.7. The highest BCUT2D eigenvalue weighted by Gasteiger charge is 2.05. The smallest absolute Gasteiger partial charge is 0.269 e. The van der Waals surface area contributed by atoms with E-state index in [1.807, 2.05) is 13.0 Å². The van der Waals surface area contributed by atoms with E-state index in [1.54, 1.807) is 12.1 Å². The molecule has 0 amide bonds. The molecule has 0 atom stereocenters. The maximum atomic E-state index is 10.7. The van der Waals surface area contributed by atoms with Crippen molar-refractivity contribution in [2.75, 3.05) is 13.1 Å². The van der Waals surface area contributed by atoms with Gasteiger partial charge in [0.25, 0.3) is 5.69 Å². The van der Waals surface area contributed by atoms with Gasteiger partial charge in [0, 0.05) is 25.2 Å². The molecule has 0 fully saturated rings. The molecule has 0 bridgehead atoms. The van der Waals surface area contributed by atoms with E-state index in [1.165, 1.54) is 6.07 Å². The molecule has 1 rings (SSSR count). The van der Waals surface area contributed by atoms with Gasteiger partial charge in [-0.3, -0.25) is 10.1 Å². The molecular weight excluding hydrogens is 383 g/mol. The third-order valence-corrected chi connectivity index (χ3v) is 2.71. The summed E-state index contributed by atoms with van der Waals surface area (Å²) in [5, 5.41) is 17.1. The fourth-order valence-electron chi connectivity index (χ4n) is 1.66. The predicted molar refractivity (Wildman–Crippen MR) is 96.2 cm³/mol. The lowest BCUT2D eigenvalue weighted by Gasteiger charge is -2.10. The molecule has 0 radical (unpaired) electrons. The highest BCUT2D eigenvalue weighted by molar-refractivity contribution is 14.0. The van der Waals surface area contributed by atoms with E-state index >= 15 is 0 Å². The Balaban J connectivity index is 0.00000400. The van der Waals surface area contributed by atoms with Gasteiger partial charge in [0.15, 0.2) is 5.96 Å². The Kier molecular flexibility index (Phi) is 10.6. The first-order valence-corrected chi connectivity index (χ1v) is 6.92. The summed E-state index contributed by atoms with van der Waals surface area (Å²) in [5.41, 5.74) is 0.925. The summed E-state index contributed by atoms with van der Waals surface area (Å²) in [6, 6.07) is 6.56. The zero-order valence-electron chi connectivity index (χ0n) is 12.5. The summed E-state index contributed by atoms with van der Waals surface area (Å²) in [6.07, 6.45) is 2.21. The van der Waals surface area contributed by atoms with Crippen LogP contribution >= 0.6 is 24.0 Å². The van der Waals surface area contributed by atoms with Crippen LogP contribution in [0.15, 0.2) is 29.3 Å². The van der Waals surface area contributed by atoms with Crippen LogP contribution in [0.25, 0.3) is 0 Å². The van der Waals surface area contributed by atoms with Gasteiger partial charge in [-0.25, -0.2) is 4.99 Å². The van der Waals surface area contributed by atoms with E-state index in [9.17, 15) is 10.1 Å². The number of guanidine groups is 1. The number of non-ortho nitro benzene ring substituents is 1.